The van der Waals surface area contributed by atoms with E-state index in [0.717, 1.165) is 16.8 Å². The van der Waals surface area contributed by atoms with Gasteiger partial charge in [0.05, 0.1) is 6.04 Å². The summed E-state index contributed by atoms with van der Waals surface area (Å²) >= 11 is 0. The van der Waals surface area contributed by atoms with Crippen LogP contribution in [0.3, 0.4) is 0 Å². The third-order valence-electron chi connectivity index (χ3n) is 6.59. The van der Waals surface area contributed by atoms with E-state index in [1.54, 1.807) is 43.3 Å². The molecule has 6 heteroatoms. The van der Waals surface area contributed by atoms with Crippen LogP contribution in [-0.2, 0) is 10.2 Å². The van der Waals surface area contributed by atoms with Gasteiger partial charge in [0.1, 0.15) is 11.2 Å². The van der Waals surface area contributed by atoms with E-state index in [-0.39, 0.29) is 17.6 Å². The number of rotatable bonds is 2. The second kappa shape index (κ2) is 6.94. The third-order valence-corrected chi connectivity index (χ3v) is 6.59. The molecule has 2 atom stereocenters. The summed E-state index contributed by atoms with van der Waals surface area (Å²) in [6, 6.07) is 14.4. The number of aromatic hydroxyl groups is 1. The van der Waals surface area contributed by atoms with Crippen LogP contribution in [0.1, 0.15) is 45.1 Å². The second-order valence-corrected chi connectivity index (χ2v) is 8.37. The van der Waals surface area contributed by atoms with Gasteiger partial charge in [0, 0.05) is 30.2 Å². The first kappa shape index (κ1) is 19.3. The molecule has 3 heterocycles. The molecule has 2 aliphatic rings. The Morgan fingerprint density at radius 2 is 1.90 bits per heavy atom. The lowest BCUT2D eigenvalue weighted by Crippen LogP contribution is -2.42. The van der Waals surface area contributed by atoms with Crippen molar-refractivity contribution in [1.29, 1.82) is 0 Å². The Kier molecular flexibility index (Phi) is 4.32. The number of nitrogens with zero attached hydrogens (tertiary/aromatic N) is 2. The Morgan fingerprint density at radius 3 is 2.61 bits per heavy atom. The molecule has 2 N–H and O–H groups in total. The summed E-state index contributed by atoms with van der Waals surface area (Å²) in [6.45, 7) is 4.01. The van der Waals surface area contributed by atoms with E-state index in [2.05, 4.69) is 10.3 Å². The van der Waals surface area contributed by atoms with Crippen molar-refractivity contribution >= 4 is 17.5 Å². The van der Waals surface area contributed by atoms with Crippen LogP contribution in [0.5, 0.6) is 5.75 Å². The Balaban J connectivity index is 1.66. The molecule has 2 aliphatic heterocycles. The van der Waals surface area contributed by atoms with Gasteiger partial charge in [-0.3, -0.25) is 14.6 Å². The molecule has 3 aromatic rings. The Labute approximate surface area is 180 Å². The minimum absolute atomic E-state index is 0.0871. The standard InChI is InChI=1S/C25H23N3O3/c1-15-12-18(13-16(2)21(15)29)23(30)28-11-9-25(22(28)17-6-5-10-26-14-17)19-7-3-4-8-20(19)27-24(25)31/h3-8,10,12-14,22,29H,9,11H2,1-2H3,(H,27,31). The molecule has 0 bridgehead atoms. The topological polar surface area (TPSA) is 82.5 Å². The number of phenolic OH excluding ortho intramolecular Hbond substituents is 1. The van der Waals surface area contributed by atoms with Crippen molar-refractivity contribution in [2.75, 3.05) is 11.9 Å². The number of hydrogen-bond acceptors (Lipinski definition) is 4. The van der Waals surface area contributed by atoms with Crippen LogP contribution in [0.2, 0.25) is 0 Å². The number of para-hydroxylation sites is 1. The molecule has 0 saturated carbocycles. The smallest absolute Gasteiger partial charge is 0.254 e. The zero-order valence-electron chi connectivity index (χ0n) is 17.4. The Bertz CT molecular complexity index is 1180. The number of carbonyl (C=O) groups excluding carboxylic acids is 2. The predicted molar refractivity (Wildman–Crippen MR) is 117 cm³/mol. The lowest BCUT2D eigenvalue weighted by molar-refractivity contribution is -0.121. The minimum atomic E-state index is -0.865. The summed E-state index contributed by atoms with van der Waals surface area (Å²) in [6.07, 6.45) is 3.95. The number of pyridine rings is 1. The molecule has 0 radical (unpaired) electrons. The van der Waals surface area contributed by atoms with Crippen molar-refractivity contribution in [3.63, 3.8) is 0 Å². The van der Waals surface area contributed by atoms with Gasteiger partial charge in [-0.1, -0.05) is 24.3 Å². The van der Waals surface area contributed by atoms with Gasteiger partial charge >= 0.3 is 0 Å². The summed E-state index contributed by atoms with van der Waals surface area (Å²) in [5, 5.41) is 13.2. The molecule has 1 fully saturated rings. The van der Waals surface area contributed by atoms with E-state index in [4.69, 9.17) is 0 Å². The van der Waals surface area contributed by atoms with Gasteiger partial charge in [-0.2, -0.15) is 0 Å². The SMILES string of the molecule is Cc1cc(C(=O)N2CCC3(C(=O)Nc4ccccc43)C2c2cccnc2)cc(C)c1O. The molecule has 6 nitrogen and oxygen atoms in total. The van der Waals surface area contributed by atoms with Crippen molar-refractivity contribution in [2.24, 2.45) is 0 Å². The lowest BCUT2D eigenvalue weighted by Gasteiger charge is -2.34. The average molecular weight is 413 g/mol. The first-order valence-corrected chi connectivity index (χ1v) is 10.4. The quantitative estimate of drug-likeness (QED) is 0.668. The largest absolute Gasteiger partial charge is 0.507 e. The van der Waals surface area contributed by atoms with Crippen molar-refractivity contribution in [3.05, 3.63) is 88.7 Å². The third kappa shape index (κ3) is 2.75. The van der Waals surface area contributed by atoms with Crippen molar-refractivity contribution in [2.45, 2.75) is 31.7 Å². The van der Waals surface area contributed by atoms with Crippen molar-refractivity contribution in [3.8, 4) is 5.75 Å². The molecule has 1 saturated heterocycles. The van der Waals surface area contributed by atoms with Crippen LogP contribution in [0.4, 0.5) is 5.69 Å². The molecule has 2 amide bonds. The van der Waals surface area contributed by atoms with Crippen molar-refractivity contribution < 1.29 is 14.7 Å². The summed E-state index contributed by atoms with van der Waals surface area (Å²) in [4.78, 5) is 33.1. The van der Waals surface area contributed by atoms with Gasteiger partial charge in [-0.15, -0.1) is 0 Å². The first-order chi connectivity index (χ1) is 14.9. The van der Waals surface area contributed by atoms with E-state index >= 15 is 0 Å². The summed E-state index contributed by atoms with van der Waals surface area (Å²) in [5.74, 6) is -0.0487. The molecule has 2 aromatic carbocycles. The number of amides is 2. The number of carbonyl (C=O) groups is 2. The van der Waals surface area contributed by atoms with E-state index in [1.165, 1.54) is 0 Å². The number of benzene rings is 2. The summed E-state index contributed by atoms with van der Waals surface area (Å²) < 4.78 is 0. The van der Waals surface area contributed by atoms with Crippen LogP contribution in [-0.4, -0.2) is 33.3 Å². The number of anilines is 1. The maximum absolute atomic E-state index is 13.7. The van der Waals surface area contributed by atoms with Crippen LogP contribution in [0, 0.1) is 13.8 Å². The fourth-order valence-electron chi connectivity index (χ4n) is 5.15. The maximum atomic E-state index is 13.7. The van der Waals surface area contributed by atoms with Gasteiger partial charge in [0.15, 0.2) is 0 Å². The predicted octanol–water partition coefficient (Wildman–Crippen LogP) is 3.88. The van der Waals surface area contributed by atoms with Gasteiger partial charge in [0.25, 0.3) is 5.91 Å². The molecule has 1 spiro atoms. The number of fused-ring (bicyclic) bond motifs is 2. The molecule has 0 aliphatic carbocycles. The molecule has 156 valence electrons. The molecular formula is C25H23N3O3. The first-order valence-electron chi connectivity index (χ1n) is 10.4. The number of hydrogen-bond donors (Lipinski definition) is 2. The highest BCUT2D eigenvalue weighted by atomic mass is 16.3. The molecule has 5 rings (SSSR count). The van der Waals surface area contributed by atoms with Gasteiger partial charge < -0.3 is 15.3 Å². The number of nitrogens with one attached hydrogen (secondary N) is 1. The fraction of sp³-hybridized carbons (Fsp3) is 0.240. The highest BCUT2D eigenvalue weighted by Gasteiger charge is 2.59. The molecule has 2 unspecified atom stereocenters. The van der Waals surface area contributed by atoms with Crippen LogP contribution in [0.25, 0.3) is 0 Å². The van der Waals surface area contributed by atoms with E-state index in [9.17, 15) is 14.7 Å². The molecule has 1 aromatic heterocycles. The minimum Gasteiger partial charge on any atom is -0.507 e. The number of likely N-dealkylation sites (tertiary alicyclic amines) is 1. The highest BCUT2D eigenvalue weighted by Crippen LogP contribution is 2.54. The maximum Gasteiger partial charge on any atom is 0.254 e. The van der Waals surface area contributed by atoms with E-state index in [1.807, 2.05) is 36.4 Å². The van der Waals surface area contributed by atoms with Crippen LogP contribution < -0.4 is 5.32 Å². The van der Waals surface area contributed by atoms with Crippen molar-refractivity contribution in [1.82, 2.24) is 9.88 Å². The van der Waals surface area contributed by atoms with Gasteiger partial charge in [0.2, 0.25) is 5.91 Å². The van der Waals surface area contributed by atoms with Crippen LogP contribution in [0.15, 0.2) is 60.9 Å². The average Bonchev–Trinajstić information content (AvgIpc) is 3.31. The zero-order chi connectivity index (χ0) is 21.8. The molecular weight excluding hydrogens is 390 g/mol. The molecule has 31 heavy (non-hydrogen) atoms. The second-order valence-electron chi connectivity index (χ2n) is 8.37. The monoisotopic (exact) mass is 413 g/mol. The highest BCUT2D eigenvalue weighted by molar-refractivity contribution is 6.08. The number of phenols is 1. The lowest BCUT2D eigenvalue weighted by atomic mass is 9.73. The Hall–Kier alpha value is -3.67. The fourth-order valence-corrected chi connectivity index (χ4v) is 5.15. The zero-order valence-corrected chi connectivity index (χ0v) is 17.4. The van der Waals surface area contributed by atoms with E-state index in [0.29, 0.717) is 29.7 Å². The summed E-state index contributed by atoms with van der Waals surface area (Å²) in [5.41, 5.74) is 3.49. The summed E-state index contributed by atoms with van der Waals surface area (Å²) in [7, 11) is 0. The normalized spacial score (nSPS) is 21.9. The Morgan fingerprint density at radius 1 is 1.16 bits per heavy atom. The number of aromatic nitrogens is 1. The van der Waals surface area contributed by atoms with Gasteiger partial charge in [-0.25, -0.2) is 0 Å². The van der Waals surface area contributed by atoms with Gasteiger partial charge in [-0.05, 0) is 66.8 Å². The van der Waals surface area contributed by atoms with E-state index < -0.39 is 11.5 Å². The van der Waals surface area contributed by atoms with Crippen LogP contribution >= 0.6 is 0 Å². The number of aryl methyl sites for hydroxylation is 2.